The summed E-state index contributed by atoms with van der Waals surface area (Å²) in [6.07, 6.45) is -1.87. The molecule has 0 radical (unpaired) electrons. The zero-order chi connectivity index (χ0) is 28.3. The third-order valence-electron chi connectivity index (χ3n) is 6.67. The van der Waals surface area contributed by atoms with Gasteiger partial charge in [-0.1, -0.05) is 11.6 Å². The fourth-order valence-corrected chi connectivity index (χ4v) is 4.95. The third kappa shape index (κ3) is 4.70. The predicted octanol–water partition coefficient (Wildman–Crippen LogP) is 6.81. The zero-order valence-electron chi connectivity index (χ0n) is 20.2. The average molecular weight is 574 g/mol. The minimum atomic E-state index is -4.89. The number of fused-ring (bicyclic) bond motifs is 3. The SMILES string of the molecule is O=C(Nc1cc2c(OC3CC3)nccc2c2c1C(c1cc(F)ccc1Cl)NC2=O)c1cc(F)cc(C(F)(F)F)c1. The molecule has 4 aromatic rings. The van der Waals surface area contributed by atoms with E-state index < -0.39 is 46.8 Å². The lowest BCUT2D eigenvalue weighted by atomic mass is 9.92. The Balaban J connectivity index is 1.54. The molecule has 6 nitrogen and oxygen atoms in total. The zero-order valence-corrected chi connectivity index (χ0v) is 21.0. The maximum Gasteiger partial charge on any atom is 0.416 e. The number of hydrogen-bond acceptors (Lipinski definition) is 4. The van der Waals surface area contributed by atoms with E-state index in [0.717, 1.165) is 25.0 Å². The third-order valence-corrected chi connectivity index (χ3v) is 7.01. The lowest BCUT2D eigenvalue weighted by Gasteiger charge is -2.19. The Morgan fingerprint density at radius 1 is 1.02 bits per heavy atom. The summed E-state index contributed by atoms with van der Waals surface area (Å²) >= 11 is 6.35. The molecule has 2 heterocycles. The number of anilines is 1. The molecule has 2 aliphatic rings. The summed E-state index contributed by atoms with van der Waals surface area (Å²) in [5.74, 6) is -3.31. The van der Waals surface area contributed by atoms with E-state index >= 15 is 0 Å². The molecule has 3 aromatic carbocycles. The molecule has 1 aromatic heterocycles. The number of alkyl halides is 3. The molecular weight excluding hydrogens is 557 g/mol. The molecule has 1 saturated carbocycles. The van der Waals surface area contributed by atoms with Crippen LogP contribution in [0.1, 0.15) is 56.3 Å². The first kappa shape index (κ1) is 26.0. The second-order valence-electron chi connectivity index (χ2n) is 9.49. The first-order valence-corrected chi connectivity index (χ1v) is 12.4. The molecule has 6 rings (SSSR count). The maximum absolute atomic E-state index is 14.2. The van der Waals surface area contributed by atoms with Crippen LogP contribution < -0.4 is 15.4 Å². The van der Waals surface area contributed by atoms with Crippen LogP contribution in [-0.4, -0.2) is 22.9 Å². The molecular formula is C28H17ClF5N3O3. The Kier molecular flexibility index (Phi) is 6.14. The number of ether oxygens (including phenoxy) is 1. The Bertz CT molecular complexity index is 1720. The number of aromatic nitrogens is 1. The van der Waals surface area contributed by atoms with Crippen molar-refractivity contribution in [1.29, 1.82) is 0 Å². The highest BCUT2D eigenvalue weighted by Gasteiger charge is 2.37. The second kappa shape index (κ2) is 9.44. The topological polar surface area (TPSA) is 80.3 Å². The average Bonchev–Trinajstić information content (AvgIpc) is 3.65. The molecule has 1 unspecified atom stereocenters. The molecule has 1 aliphatic carbocycles. The molecule has 40 heavy (non-hydrogen) atoms. The van der Waals surface area contributed by atoms with E-state index in [1.807, 2.05) is 0 Å². The van der Waals surface area contributed by atoms with E-state index in [9.17, 15) is 31.5 Å². The van der Waals surface area contributed by atoms with Crippen molar-refractivity contribution in [1.82, 2.24) is 10.3 Å². The van der Waals surface area contributed by atoms with Gasteiger partial charge in [-0.3, -0.25) is 9.59 Å². The Morgan fingerprint density at radius 3 is 2.52 bits per heavy atom. The van der Waals surface area contributed by atoms with Gasteiger partial charge in [0.05, 0.1) is 17.2 Å². The van der Waals surface area contributed by atoms with Gasteiger partial charge < -0.3 is 15.4 Å². The van der Waals surface area contributed by atoms with Gasteiger partial charge in [0.15, 0.2) is 0 Å². The van der Waals surface area contributed by atoms with Gasteiger partial charge in [0.1, 0.15) is 17.7 Å². The van der Waals surface area contributed by atoms with E-state index in [0.29, 0.717) is 22.9 Å². The number of nitrogens with zero attached hydrogens (tertiary/aromatic N) is 1. The maximum atomic E-state index is 14.2. The van der Waals surface area contributed by atoms with Crippen LogP contribution in [0.25, 0.3) is 10.8 Å². The predicted molar refractivity (Wildman–Crippen MR) is 135 cm³/mol. The minimum Gasteiger partial charge on any atom is -0.474 e. The summed E-state index contributed by atoms with van der Waals surface area (Å²) in [7, 11) is 0. The van der Waals surface area contributed by atoms with Crippen LogP contribution in [0.4, 0.5) is 27.6 Å². The standard InChI is InChI=1S/C28H17ClF5N3O3/c29-20-4-1-14(30)10-19(20)24-23-21(36-25(38)12-7-13(28(32,33)34)9-15(31)8-12)11-18-17(22(23)26(39)37-24)5-6-35-27(18)40-16-2-3-16/h1,4-11,16,24H,2-3H2,(H,36,38)(H,37,39). The number of amides is 2. The van der Waals surface area contributed by atoms with Gasteiger partial charge in [0.25, 0.3) is 11.8 Å². The first-order chi connectivity index (χ1) is 19.0. The van der Waals surface area contributed by atoms with Crippen LogP contribution >= 0.6 is 11.6 Å². The number of carbonyl (C=O) groups excluding carboxylic acids is 2. The van der Waals surface area contributed by atoms with Gasteiger partial charge >= 0.3 is 6.18 Å². The molecule has 2 amide bonds. The molecule has 1 fully saturated rings. The summed E-state index contributed by atoms with van der Waals surface area (Å²) in [5.41, 5.74) is -1.42. The van der Waals surface area contributed by atoms with Crippen molar-refractivity contribution in [3.05, 3.63) is 99.2 Å². The van der Waals surface area contributed by atoms with Crippen molar-refractivity contribution in [3.63, 3.8) is 0 Å². The number of carbonyl (C=O) groups is 2. The summed E-state index contributed by atoms with van der Waals surface area (Å²) in [6.45, 7) is 0. The molecule has 0 saturated heterocycles. The number of halogens is 6. The molecule has 1 atom stereocenters. The van der Waals surface area contributed by atoms with Gasteiger partial charge in [-0.2, -0.15) is 13.2 Å². The number of benzene rings is 3. The largest absolute Gasteiger partial charge is 0.474 e. The lowest BCUT2D eigenvalue weighted by molar-refractivity contribution is -0.137. The summed E-state index contributed by atoms with van der Waals surface area (Å²) < 4.78 is 74.1. The van der Waals surface area contributed by atoms with Crippen LogP contribution in [0.2, 0.25) is 5.02 Å². The van der Waals surface area contributed by atoms with Crippen molar-refractivity contribution in [2.75, 3.05) is 5.32 Å². The highest BCUT2D eigenvalue weighted by molar-refractivity contribution is 6.31. The van der Waals surface area contributed by atoms with E-state index in [4.69, 9.17) is 16.3 Å². The van der Waals surface area contributed by atoms with Crippen molar-refractivity contribution in [3.8, 4) is 5.88 Å². The molecule has 1 aliphatic heterocycles. The van der Waals surface area contributed by atoms with Gasteiger partial charge in [-0.15, -0.1) is 0 Å². The molecule has 12 heteroatoms. The van der Waals surface area contributed by atoms with Gasteiger partial charge in [0.2, 0.25) is 5.88 Å². The van der Waals surface area contributed by atoms with Crippen LogP contribution in [0.3, 0.4) is 0 Å². The number of rotatable bonds is 5. The van der Waals surface area contributed by atoms with E-state index in [2.05, 4.69) is 15.6 Å². The normalized spacial score (nSPS) is 16.6. The number of pyridine rings is 1. The minimum absolute atomic E-state index is 0.00245. The van der Waals surface area contributed by atoms with E-state index in [-0.39, 0.29) is 45.5 Å². The van der Waals surface area contributed by atoms with Crippen molar-refractivity contribution in [2.24, 2.45) is 0 Å². The van der Waals surface area contributed by atoms with Crippen LogP contribution in [0.15, 0.2) is 54.7 Å². The van der Waals surface area contributed by atoms with Crippen molar-refractivity contribution in [2.45, 2.75) is 31.2 Å². The summed E-state index contributed by atoms with van der Waals surface area (Å²) in [5, 5.41) is 6.19. The highest BCUT2D eigenvalue weighted by atomic mass is 35.5. The van der Waals surface area contributed by atoms with Crippen molar-refractivity contribution < 1.29 is 36.3 Å². The monoisotopic (exact) mass is 573 g/mol. The molecule has 0 bridgehead atoms. The lowest BCUT2D eigenvalue weighted by Crippen LogP contribution is -2.21. The van der Waals surface area contributed by atoms with Gasteiger partial charge in [-0.25, -0.2) is 13.8 Å². The number of hydrogen-bond donors (Lipinski definition) is 2. The van der Waals surface area contributed by atoms with E-state index in [1.165, 1.54) is 18.3 Å². The fraction of sp³-hybridized carbons (Fsp3) is 0.179. The second-order valence-corrected chi connectivity index (χ2v) is 9.90. The summed E-state index contributed by atoms with van der Waals surface area (Å²) in [6, 6.07) is 7.08. The van der Waals surface area contributed by atoms with E-state index in [1.54, 1.807) is 6.07 Å². The fourth-order valence-electron chi connectivity index (χ4n) is 4.72. The Labute approximate surface area is 228 Å². The quantitative estimate of drug-likeness (QED) is 0.257. The van der Waals surface area contributed by atoms with Gasteiger partial charge in [0, 0.05) is 44.4 Å². The number of nitrogens with one attached hydrogen (secondary N) is 2. The Hall–Kier alpha value is -4.25. The first-order valence-electron chi connectivity index (χ1n) is 12.1. The van der Waals surface area contributed by atoms with Crippen molar-refractivity contribution >= 4 is 39.9 Å². The van der Waals surface area contributed by atoms with Crippen LogP contribution in [0, 0.1) is 11.6 Å². The van der Waals surface area contributed by atoms with Gasteiger partial charge in [-0.05, 0) is 61.4 Å². The smallest absolute Gasteiger partial charge is 0.416 e. The summed E-state index contributed by atoms with van der Waals surface area (Å²) in [4.78, 5) is 30.8. The molecule has 2 N–H and O–H groups in total. The molecule has 204 valence electrons. The highest BCUT2D eigenvalue weighted by Crippen LogP contribution is 2.45. The Morgan fingerprint density at radius 2 is 1.80 bits per heavy atom. The van der Waals surface area contributed by atoms with Crippen LogP contribution in [0.5, 0.6) is 5.88 Å². The molecule has 0 spiro atoms. The van der Waals surface area contributed by atoms with Crippen LogP contribution in [-0.2, 0) is 6.18 Å².